The van der Waals surface area contributed by atoms with Crippen molar-refractivity contribution in [2.45, 2.75) is 13.5 Å². The van der Waals surface area contributed by atoms with Gasteiger partial charge in [-0.1, -0.05) is 6.07 Å². The van der Waals surface area contributed by atoms with E-state index in [-0.39, 0.29) is 5.69 Å². The number of nitro benzene ring substituents is 1. The number of rotatable bonds is 4. The number of furan rings is 1. The molecule has 0 bridgehead atoms. The number of aryl methyl sites for hydroxylation is 1. The maximum absolute atomic E-state index is 10.9. The zero-order chi connectivity index (χ0) is 14.5. The lowest BCUT2D eigenvalue weighted by atomic mass is 10.2. The van der Waals surface area contributed by atoms with Crippen LogP contribution >= 0.6 is 12.2 Å². The Kier molecular flexibility index (Phi) is 4.31. The minimum absolute atomic E-state index is 0.0591. The molecule has 0 radical (unpaired) electrons. The molecule has 20 heavy (non-hydrogen) atoms. The smallest absolute Gasteiger partial charge is 0.274 e. The molecule has 1 aromatic heterocycles. The Bertz CT molecular complexity index is 626. The summed E-state index contributed by atoms with van der Waals surface area (Å²) in [4.78, 5) is 10.4. The topological polar surface area (TPSA) is 80.3 Å². The van der Waals surface area contributed by atoms with Crippen LogP contribution in [0.2, 0.25) is 0 Å². The molecule has 2 N–H and O–H groups in total. The summed E-state index contributed by atoms with van der Waals surface area (Å²) in [6.45, 7) is 2.14. The predicted molar refractivity (Wildman–Crippen MR) is 79.6 cm³/mol. The molecule has 0 aliphatic heterocycles. The lowest BCUT2D eigenvalue weighted by Gasteiger charge is -2.09. The van der Waals surface area contributed by atoms with Gasteiger partial charge in [-0.3, -0.25) is 10.1 Å². The first-order valence-electron chi connectivity index (χ1n) is 5.88. The second kappa shape index (κ2) is 6.16. The highest BCUT2D eigenvalue weighted by molar-refractivity contribution is 7.80. The zero-order valence-corrected chi connectivity index (χ0v) is 11.6. The molecule has 104 valence electrons. The van der Waals surface area contributed by atoms with Crippen molar-refractivity contribution < 1.29 is 9.34 Å². The van der Waals surface area contributed by atoms with Gasteiger partial charge in [-0.25, -0.2) is 0 Å². The molecule has 0 spiro atoms. The number of nitrogens with zero attached hydrogens (tertiary/aromatic N) is 1. The van der Waals surface area contributed by atoms with Crippen LogP contribution in [0.15, 0.2) is 41.0 Å². The second-order valence-electron chi connectivity index (χ2n) is 4.15. The van der Waals surface area contributed by atoms with Gasteiger partial charge >= 0.3 is 0 Å². The van der Waals surface area contributed by atoms with E-state index >= 15 is 0 Å². The summed E-state index contributed by atoms with van der Waals surface area (Å²) in [6, 6.07) is 8.48. The van der Waals surface area contributed by atoms with Crippen LogP contribution in [0.5, 0.6) is 0 Å². The molecule has 2 rings (SSSR count). The van der Waals surface area contributed by atoms with E-state index in [9.17, 15) is 10.1 Å². The Hall–Kier alpha value is -2.41. The summed E-state index contributed by atoms with van der Waals surface area (Å²) >= 11 is 5.12. The maximum Gasteiger partial charge on any atom is 0.274 e. The van der Waals surface area contributed by atoms with Gasteiger partial charge in [-0.05, 0) is 37.3 Å². The fourth-order valence-corrected chi connectivity index (χ4v) is 1.83. The van der Waals surface area contributed by atoms with Crippen LogP contribution in [0.1, 0.15) is 11.3 Å². The van der Waals surface area contributed by atoms with Crippen LogP contribution in [0.25, 0.3) is 0 Å². The summed E-state index contributed by atoms with van der Waals surface area (Å²) in [5.74, 6) is 0.754. The molecule has 7 heteroatoms. The van der Waals surface area contributed by atoms with Crippen molar-refractivity contribution in [3.05, 3.63) is 58.0 Å². The highest BCUT2D eigenvalue weighted by Crippen LogP contribution is 2.22. The lowest BCUT2D eigenvalue weighted by Crippen LogP contribution is -2.27. The molecule has 0 saturated carbocycles. The quantitative estimate of drug-likeness (QED) is 0.512. The third-order valence-corrected chi connectivity index (χ3v) is 2.91. The summed E-state index contributed by atoms with van der Waals surface area (Å²) in [5, 5.41) is 17.1. The molecular weight excluding hydrogens is 278 g/mol. The van der Waals surface area contributed by atoms with E-state index in [1.165, 1.54) is 6.07 Å². The molecule has 0 saturated heterocycles. The van der Waals surface area contributed by atoms with Crippen molar-refractivity contribution in [2.75, 3.05) is 5.32 Å². The SMILES string of the molecule is Cc1ccc(NC(=S)NCc2ccco2)cc1[N+](=O)[O-]. The monoisotopic (exact) mass is 291 g/mol. The first-order valence-corrected chi connectivity index (χ1v) is 6.29. The van der Waals surface area contributed by atoms with Crippen LogP contribution in [0.4, 0.5) is 11.4 Å². The van der Waals surface area contributed by atoms with Gasteiger partial charge in [0.2, 0.25) is 0 Å². The van der Waals surface area contributed by atoms with Gasteiger partial charge in [0.25, 0.3) is 5.69 Å². The van der Waals surface area contributed by atoms with Crippen LogP contribution in [0, 0.1) is 17.0 Å². The van der Waals surface area contributed by atoms with Gasteiger partial charge in [0.05, 0.1) is 17.7 Å². The van der Waals surface area contributed by atoms with Crippen LogP contribution in [0.3, 0.4) is 0 Å². The predicted octanol–water partition coefficient (Wildman–Crippen LogP) is 2.98. The van der Waals surface area contributed by atoms with Crippen molar-refractivity contribution >= 4 is 28.7 Å². The van der Waals surface area contributed by atoms with E-state index in [0.29, 0.717) is 22.9 Å². The van der Waals surface area contributed by atoms with E-state index in [0.717, 1.165) is 5.76 Å². The number of nitro groups is 1. The minimum atomic E-state index is -0.417. The Morgan fingerprint density at radius 3 is 2.90 bits per heavy atom. The van der Waals surface area contributed by atoms with E-state index in [1.54, 1.807) is 31.4 Å². The van der Waals surface area contributed by atoms with Gasteiger partial charge in [0, 0.05) is 17.3 Å². The van der Waals surface area contributed by atoms with E-state index in [1.807, 2.05) is 6.07 Å². The number of nitrogens with one attached hydrogen (secondary N) is 2. The molecule has 0 aliphatic rings. The molecule has 1 aromatic carbocycles. The van der Waals surface area contributed by atoms with Gasteiger partial charge in [0.15, 0.2) is 5.11 Å². The molecule has 6 nitrogen and oxygen atoms in total. The summed E-state index contributed by atoms with van der Waals surface area (Å²) in [6.07, 6.45) is 1.58. The molecule has 0 fully saturated rings. The first kappa shape index (κ1) is 14.0. The molecule has 0 unspecified atom stereocenters. The molecule has 1 heterocycles. The summed E-state index contributed by atoms with van der Waals surface area (Å²) in [7, 11) is 0. The van der Waals surface area contributed by atoms with Crippen LogP contribution < -0.4 is 10.6 Å². The van der Waals surface area contributed by atoms with Gasteiger partial charge in [-0.15, -0.1) is 0 Å². The van der Waals surface area contributed by atoms with Gasteiger partial charge in [0.1, 0.15) is 5.76 Å². The average Bonchev–Trinajstić information content (AvgIpc) is 2.91. The molecule has 0 amide bonds. The fourth-order valence-electron chi connectivity index (χ4n) is 1.64. The second-order valence-corrected chi connectivity index (χ2v) is 4.55. The van der Waals surface area contributed by atoms with Crippen LogP contribution in [-0.2, 0) is 6.54 Å². The zero-order valence-electron chi connectivity index (χ0n) is 10.8. The number of thiocarbonyl (C=S) groups is 1. The summed E-state index contributed by atoms with van der Waals surface area (Å²) < 4.78 is 5.16. The minimum Gasteiger partial charge on any atom is -0.467 e. The Balaban J connectivity index is 1.97. The highest BCUT2D eigenvalue weighted by atomic mass is 32.1. The number of anilines is 1. The number of hydrogen-bond donors (Lipinski definition) is 2. The highest BCUT2D eigenvalue weighted by Gasteiger charge is 2.11. The Labute approximate surface area is 120 Å². The van der Waals surface area contributed by atoms with E-state index in [2.05, 4.69) is 10.6 Å². The van der Waals surface area contributed by atoms with Gasteiger partial charge in [-0.2, -0.15) is 0 Å². The van der Waals surface area contributed by atoms with Crippen molar-refractivity contribution in [1.82, 2.24) is 5.32 Å². The standard InChI is InChI=1S/C13H13N3O3S/c1-9-4-5-10(7-12(9)16(17)18)15-13(20)14-8-11-3-2-6-19-11/h2-7H,8H2,1H3,(H2,14,15,20). The molecular formula is C13H13N3O3S. The van der Waals surface area contributed by atoms with Crippen molar-refractivity contribution in [2.24, 2.45) is 0 Å². The molecule has 0 aliphatic carbocycles. The molecule has 2 aromatic rings. The van der Waals surface area contributed by atoms with E-state index in [4.69, 9.17) is 16.6 Å². The van der Waals surface area contributed by atoms with Crippen molar-refractivity contribution in [3.8, 4) is 0 Å². The normalized spacial score (nSPS) is 10.1. The third-order valence-electron chi connectivity index (χ3n) is 2.67. The van der Waals surface area contributed by atoms with E-state index < -0.39 is 4.92 Å². The number of hydrogen-bond acceptors (Lipinski definition) is 4. The first-order chi connectivity index (χ1) is 9.56. The van der Waals surface area contributed by atoms with Crippen molar-refractivity contribution in [3.63, 3.8) is 0 Å². The maximum atomic E-state index is 10.9. The fraction of sp³-hybridized carbons (Fsp3) is 0.154. The average molecular weight is 291 g/mol. The Morgan fingerprint density at radius 2 is 2.25 bits per heavy atom. The van der Waals surface area contributed by atoms with Crippen molar-refractivity contribution in [1.29, 1.82) is 0 Å². The lowest BCUT2D eigenvalue weighted by molar-refractivity contribution is -0.385. The summed E-state index contributed by atoms with van der Waals surface area (Å²) in [5.41, 5.74) is 1.23. The Morgan fingerprint density at radius 1 is 1.45 bits per heavy atom. The van der Waals surface area contributed by atoms with Crippen LogP contribution in [-0.4, -0.2) is 10.0 Å². The van der Waals surface area contributed by atoms with Gasteiger partial charge < -0.3 is 15.1 Å². The largest absolute Gasteiger partial charge is 0.467 e. The number of benzene rings is 1. The molecule has 0 atom stereocenters. The third kappa shape index (κ3) is 3.55.